The van der Waals surface area contributed by atoms with Crippen LogP contribution < -0.4 is 0 Å². The molecule has 0 aliphatic carbocycles. The minimum Gasteiger partial charge on any atom is -0.478 e. The van der Waals surface area contributed by atoms with E-state index < -0.39 is 23.7 Å². The molecule has 0 amide bonds. The molecule has 7 heteroatoms. The number of nitrogens with zero attached hydrogens (tertiary/aromatic N) is 2. The fourth-order valence-corrected chi connectivity index (χ4v) is 1.95. The Bertz CT molecular complexity index is 599. The number of carboxylic acid groups (broad SMARTS) is 1. The topological polar surface area (TPSA) is 55.1 Å². The molecule has 4 nitrogen and oxygen atoms in total. The van der Waals surface area contributed by atoms with Gasteiger partial charge < -0.3 is 5.11 Å². The van der Waals surface area contributed by atoms with E-state index in [0.717, 1.165) is 10.2 Å². The Labute approximate surface area is 112 Å². The zero-order valence-corrected chi connectivity index (χ0v) is 10.3. The summed E-state index contributed by atoms with van der Waals surface area (Å²) in [7, 11) is 0. The summed E-state index contributed by atoms with van der Waals surface area (Å²) in [5, 5.41) is 12.2. The van der Waals surface area contributed by atoms with E-state index in [1.165, 1.54) is 0 Å². The van der Waals surface area contributed by atoms with Crippen molar-refractivity contribution >= 4 is 17.6 Å². The van der Waals surface area contributed by atoms with Crippen LogP contribution in [-0.4, -0.2) is 20.9 Å². The summed E-state index contributed by atoms with van der Waals surface area (Å²) >= 11 is 5.80. The first-order valence-corrected chi connectivity index (χ1v) is 5.70. The van der Waals surface area contributed by atoms with Crippen LogP contribution in [0.15, 0.2) is 30.3 Å². The van der Waals surface area contributed by atoms with Gasteiger partial charge in [-0.2, -0.15) is 5.10 Å². The minimum atomic E-state index is -2.99. The van der Waals surface area contributed by atoms with Gasteiger partial charge in [0.2, 0.25) is 0 Å². The Hall–Kier alpha value is -1.95. The molecule has 0 spiro atoms. The van der Waals surface area contributed by atoms with E-state index in [-0.39, 0.29) is 11.7 Å². The van der Waals surface area contributed by atoms with Gasteiger partial charge in [-0.25, -0.2) is 18.3 Å². The van der Waals surface area contributed by atoms with Crippen LogP contribution in [0.25, 0.3) is 0 Å². The van der Waals surface area contributed by atoms with Gasteiger partial charge in [-0.1, -0.05) is 41.9 Å². The largest absolute Gasteiger partial charge is 0.478 e. The first-order valence-electron chi connectivity index (χ1n) is 5.32. The Balaban J connectivity index is 2.42. The third kappa shape index (κ3) is 2.73. The number of aromatic nitrogens is 2. The molecule has 1 aromatic carbocycles. The molecule has 1 N–H and O–H groups in total. The van der Waals surface area contributed by atoms with Crippen LogP contribution in [0, 0.1) is 0 Å². The molecule has 0 fully saturated rings. The number of benzene rings is 1. The molecule has 100 valence electrons. The molecule has 2 rings (SSSR count). The zero-order valence-electron chi connectivity index (χ0n) is 9.55. The third-order valence-corrected chi connectivity index (χ3v) is 2.90. The maximum atomic E-state index is 12.7. The van der Waals surface area contributed by atoms with Crippen molar-refractivity contribution in [1.82, 2.24) is 9.78 Å². The number of carbonyl (C=O) groups is 1. The average molecular weight is 287 g/mol. The summed E-state index contributed by atoms with van der Waals surface area (Å²) in [6.45, 7) is 0.132. The molecule has 0 aliphatic rings. The number of halogens is 3. The highest BCUT2D eigenvalue weighted by Gasteiger charge is 2.27. The summed E-state index contributed by atoms with van der Waals surface area (Å²) in [5.41, 5.74) is -0.675. The summed E-state index contributed by atoms with van der Waals surface area (Å²) < 4.78 is 26.5. The number of carboxylic acids is 1. The van der Waals surface area contributed by atoms with Crippen molar-refractivity contribution in [2.24, 2.45) is 0 Å². The molecular formula is C12H9ClF2N2O2. The van der Waals surface area contributed by atoms with Crippen molar-refractivity contribution in [2.75, 3.05) is 0 Å². The average Bonchev–Trinajstić information content (AvgIpc) is 2.68. The number of aromatic carboxylic acids is 1. The lowest BCUT2D eigenvalue weighted by molar-refractivity contribution is 0.0684. The number of hydrogen-bond acceptors (Lipinski definition) is 2. The molecule has 0 saturated heterocycles. The molecule has 0 bridgehead atoms. The molecule has 0 atom stereocenters. The van der Waals surface area contributed by atoms with Gasteiger partial charge >= 0.3 is 5.97 Å². The first kappa shape index (κ1) is 13.5. The van der Waals surface area contributed by atoms with Crippen molar-refractivity contribution in [3.63, 3.8) is 0 Å². The Morgan fingerprint density at radius 2 is 2.00 bits per heavy atom. The van der Waals surface area contributed by atoms with Gasteiger partial charge in [0.15, 0.2) is 0 Å². The van der Waals surface area contributed by atoms with Gasteiger partial charge in [0.25, 0.3) is 6.43 Å². The fraction of sp³-hybridized carbons (Fsp3) is 0.167. The lowest BCUT2D eigenvalue weighted by atomic mass is 10.2. The van der Waals surface area contributed by atoms with Crippen molar-refractivity contribution in [3.8, 4) is 0 Å². The van der Waals surface area contributed by atoms with Crippen molar-refractivity contribution in [3.05, 3.63) is 52.3 Å². The second kappa shape index (κ2) is 5.36. The summed E-state index contributed by atoms with van der Waals surface area (Å²) in [4.78, 5) is 10.9. The van der Waals surface area contributed by atoms with Gasteiger partial charge in [0.05, 0.1) is 6.54 Å². The fourth-order valence-electron chi connectivity index (χ4n) is 1.67. The van der Waals surface area contributed by atoms with Crippen molar-refractivity contribution in [2.45, 2.75) is 13.0 Å². The highest BCUT2D eigenvalue weighted by molar-refractivity contribution is 6.32. The number of rotatable bonds is 4. The molecule has 0 saturated carbocycles. The van der Waals surface area contributed by atoms with Gasteiger partial charge in [0, 0.05) is 0 Å². The van der Waals surface area contributed by atoms with Crippen molar-refractivity contribution < 1.29 is 18.7 Å². The van der Waals surface area contributed by atoms with E-state index in [1.54, 1.807) is 24.3 Å². The van der Waals surface area contributed by atoms with Crippen molar-refractivity contribution in [1.29, 1.82) is 0 Å². The van der Waals surface area contributed by atoms with E-state index in [9.17, 15) is 13.6 Å². The van der Waals surface area contributed by atoms with E-state index >= 15 is 0 Å². The maximum absolute atomic E-state index is 12.7. The lowest BCUT2D eigenvalue weighted by Crippen LogP contribution is -2.02. The van der Waals surface area contributed by atoms with Crippen LogP contribution >= 0.6 is 11.6 Å². The molecule has 1 aromatic heterocycles. The molecule has 2 aromatic rings. The van der Waals surface area contributed by atoms with Gasteiger partial charge in [-0.05, 0) is 5.56 Å². The number of hydrogen-bond donors (Lipinski definition) is 1. The van der Waals surface area contributed by atoms with E-state index in [1.807, 2.05) is 6.07 Å². The van der Waals surface area contributed by atoms with E-state index in [0.29, 0.717) is 0 Å². The van der Waals surface area contributed by atoms with Crippen LogP contribution in [0.5, 0.6) is 0 Å². The van der Waals surface area contributed by atoms with Crippen LogP contribution in [0.3, 0.4) is 0 Å². The standard InChI is InChI=1S/C12H9ClF2N2O2/c13-10-8(12(18)19)9(11(14)15)16-17(10)6-7-4-2-1-3-5-7/h1-5,11H,6H2,(H,18,19). The minimum absolute atomic E-state index is 0.132. The Morgan fingerprint density at radius 1 is 1.37 bits per heavy atom. The highest BCUT2D eigenvalue weighted by atomic mass is 35.5. The van der Waals surface area contributed by atoms with Crippen LogP contribution in [0.4, 0.5) is 8.78 Å². The maximum Gasteiger partial charge on any atom is 0.341 e. The Morgan fingerprint density at radius 3 is 2.47 bits per heavy atom. The van der Waals surface area contributed by atoms with Crippen LogP contribution in [0.1, 0.15) is 28.0 Å². The zero-order chi connectivity index (χ0) is 14.0. The Kier molecular flexibility index (Phi) is 3.80. The van der Waals surface area contributed by atoms with E-state index in [2.05, 4.69) is 5.10 Å². The SMILES string of the molecule is O=C(O)c1c(C(F)F)nn(Cc2ccccc2)c1Cl. The molecular weight excluding hydrogens is 278 g/mol. The molecule has 0 aliphatic heterocycles. The number of alkyl halides is 2. The second-order valence-electron chi connectivity index (χ2n) is 3.80. The van der Waals surface area contributed by atoms with Crippen LogP contribution in [-0.2, 0) is 6.54 Å². The summed E-state index contributed by atoms with van der Waals surface area (Å²) in [5.74, 6) is -1.51. The van der Waals surface area contributed by atoms with Gasteiger partial charge in [-0.3, -0.25) is 0 Å². The summed E-state index contributed by atoms with van der Waals surface area (Å²) in [6.07, 6.45) is -2.99. The van der Waals surface area contributed by atoms with Gasteiger partial charge in [-0.15, -0.1) is 0 Å². The van der Waals surface area contributed by atoms with E-state index in [4.69, 9.17) is 16.7 Å². The lowest BCUT2D eigenvalue weighted by Gasteiger charge is -2.02. The molecule has 0 unspecified atom stereocenters. The summed E-state index contributed by atoms with van der Waals surface area (Å²) in [6, 6.07) is 8.89. The predicted octanol–water partition coefficient (Wildman–Crippen LogP) is 3.22. The third-order valence-electron chi connectivity index (χ3n) is 2.51. The molecule has 1 heterocycles. The highest BCUT2D eigenvalue weighted by Crippen LogP contribution is 2.28. The monoisotopic (exact) mass is 286 g/mol. The molecule has 19 heavy (non-hydrogen) atoms. The normalized spacial score (nSPS) is 10.9. The van der Waals surface area contributed by atoms with Gasteiger partial charge in [0.1, 0.15) is 16.4 Å². The molecule has 0 radical (unpaired) electrons. The predicted molar refractivity (Wildman–Crippen MR) is 64.7 cm³/mol. The first-order chi connectivity index (χ1) is 9.00. The van der Waals surface area contributed by atoms with Crippen LogP contribution in [0.2, 0.25) is 5.15 Å². The smallest absolute Gasteiger partial charge is 0.341 e. The quantitative estimate of drug-likeness (QED) is 0.939. The second-order valence-corrected chi connectivity index (χ2v) is 4.16.